The van der Waals surface area contributed by atoms with Crippen molar-refractivity contribution in [2.45, 2.75) is 29.7 Å². The van der Waals surface area contributed by atoms with E-state index in [9.17, 15) is 4.39 Å². The molecule has 0 aliphatic carbocycles. The summed E-state index contributed by atoms with van der Waals surface area (Å²) in [6.07, 6.45) is 0. The SMILES string of the molecule is CC(C)c1nc(N)cc(Sc2ccc(F)cc2)n1. The molecule has 0 spiro atoms. The van der Waals surface area contributed by atoms with Crippen LogP contribution in [0.2, 0.25) is 0 Å². The quantitative estimate of drug-likeness (QED) is 0.861. The number of aromatic nitrogens is 2. The van der Waals surface area contributed by atoms with Crippen LogP contribution in [0.25, 0.3) is 0 Å². The van der Waals surface area contributed by atoms with Gasteiger partial charge in [0, 0.05) is 16.9 Å². The maximum absolute atomic E-state index is 12.8. The zero-order chi connectivity index (χ0) is 13.1. The summed E-state index contributed by atoms with van der Waals surface area (Å²) in [4.78, 5) is 9.53. The van der Waals surface area contributed by atoms with Crippen molar-refractivity contribution in [3.63, 3.8) is 0 Å². The predicted molar refractivity (Wildman–Crippen MR) is 71.1 cm³/mol. The summed E-state index contributed by atoms with van der Waals surface area (Å²) in [5.41, 5.74) is 5.75. The van der Waals surface area contributed by atoms with E-state index in [0.717, 1.165) is 15.7 Å². The summed E-state index contributed by atoms with van der Waals surface area (Å²) in [5.74, 6) is 1.16. The minimum absolute atomic E-state index is 0.223. The summed E-state index contributed by atoms with van der Waals surface area (Å²) in [5, 5.41) is 0.776. The van der Waals surface area contributed by atoms with Crippen LogP contribution >= 0.6 is 11.8 Å². The monoisotopic (exact) mass is 263 g/mol. The van der Waals surface area contributed by atoms with Crippen molar-refractivity contribution in [2.24, 2.45) is 0 Å². The Balaban J connectivity index is 2.26. The first-order valence-electron chi connectivity index (χ1n) is 5.62. The molecule has 0 fully saturated rings. The molecule has 0 bridgehead atoms. The molecule has 18 heavy (non-hydrogen) atoms. The third-order valence-corrected chi connectivity index (χ3v) is 3.22. The van der Waals surface area contributed by atoms with E-state index < -0.39 is 0 Å². The molecule has 0 radical (unpaired) electrons. The Kier molecular flexibility index (Phi) is 3.81. The van der Waals surface area contributed by atoms with Crippen molar-refractivity contribution >= 4 is 17.6 Å². The lowest BCUT2D eigenvalue weighted by atomic mass is 10.2. The highest BCUT2D eigenvalue weighted by Crippen LogP contribution is 2.28. The van der Waals surface area contributed by atoms with Gasteiger partial charge in [-0.2, -0.15) is 0 Å². The molecule has 0 aliphatic rings. The van der Waals surface area contributed by atoms with E-state index in [-0.39, 0.29) is 11.7 Å². The molecule has 0 saturated carbocycles. The van der Waals surface area contributed by atoms with E-state index in [0.29, 0.717) is 5.82 Å². The molecule has 1 heterocycles. The van der Waals surface area contributed by atoms with E-state index in [1.165, 1.54) is 23.9 Å². The molecule has 1 aromatic heterocycles. The Morgan fingerprint density at radius 2 is 1.83 bits per heavy atom. The number of nitrogens with two attached hydrogens (primary N) is 1. The Labute approximate surface area is 110 Å². The number of hydrogen-bond acceptors (Lipinski definition) is 4. The average molecular weight is 263 g/mol. The average Bonchev–Trinajstić information content (AvgIpc) is 2.31. The van der Waals surface area contributed by atoms with Gasteiger partial charge in [0.05, 0.1) is 0 Å². The summed E-state index contributed by atoms with van der Waals surface area (Å²) >= 11 is 1.44. The van der Waals surface area contributed by atoms with Crippen LogP contribution < -0.4 is 5.73 Å². The third kappa shape index (κ3) is 3.20. The number of hydrogen-bond donors (Lipinski definition) is 1. The molecule has 94 valence electrons. The third-order valence-electron chi connectivity index (χ3n) is 2.29. The van der Waals surface area contributed by atoms with E-state index in [1.807, 2.05) is 13.8 Å². The Morgan fingerprint density at radius 3 is 2.44 bits per heavy atom. The van der Waals surface area contributed by atoms with Crippen molar-refractivity contribution in [3.05, 3.63) is 42.0 Å². The van der Waals surface area contributed by atoms with Crippen molar-refractivity contribution in [3.8, 4) is 0 Å². The van der Waals surface area contributed by atoms with Crippen LogP contribution in [-0.4, -0.2) is 9.97 Å². The summed E-state index contributed by atoms with van der Waals surface area (Å²) < 4.78 is 12.8. The van der Waals surface area contributed by atoms with Gasteiger partial charge in [-0.15, -0.1) is 0 Å². The molecule has 3 nitrogen and oxygen atoms in total. The van der Waals surface area contributed by atoms with Gasteiger partial charge in [-0.3, -0.25) is 0 Å². The Morgan fingerprint density at radius 1 is 1.17 bits per heavy atom. The molecule has 1 aromatic carbocycles. The zero-order valence-corrected chi connectivity index (χ0v) is 11.0. The van der Waals surface area contributed by atoms with Gasteiger partial charge < -0.3 is 5.73 Å². The summed E-state index contributed by atoms with van der Waals surface area (Å²) in [6, 6.07) is 8.01. The molecule has 0 atom stereocenters. The van der Waals surface area contributed by atoms with Crippen LogP contribution in [0.4, 0.5) is 10.2 Å². The molecule has 0 amide bonds. The van der Waals surface area contributed by atoms with E-state index in [1.54, 1.807) is 18.2 Å². The van der Waals surface area contributed by atoms with Gasteiger partial charge in [-0.05, 0) is 24.3 Å². The summed E-state index contributed by atoms with van der Waals surface area (Å²) in [7, 11) is 0. The molecule has 0 saturated heterocycles. The predicted octanol–water partition coefficient (Wildman–Crippen LogP) is 3.47. The van der Waals surface area contributed by atoms with Gasteiger partial charge in [0.1, 0.15) is 22.5 Å². The number of nitrogens with zero attached hydrogens (tertiary/aromatic N) is 2. The van der Waals surface area contributed by atoms with Gasteiger partial charge in [-0.1, -0.05) is 25.6 Å². The van der Waals surface area contributed by atoms with Gasteiger partial charge in [0.15, 0.2) is 0 Å². The first-order chi connectivity index (χ1) is 8.54. The Bertz CT molecular complexity index is 540. The number of nitrogen functional groups attached to an aromatic ring is 1. The highest BCUT2D eigenvalue weighted by molar-refractivity contribution is 7.99. The van der Waals surface area contributed by atoms with Crippen LogP contribution in [0, 0.1) is 5.82 Å². The van der Waals surface area contributed by atoms with Gasteiger partial charge in [-0.25, -0.2) is 14.4 Å². The highest BCUT2D eigenvalue weighted by Gasteiger charge is 2.07. The smallest absolute Gasteiger partial charge is 0.134 e. The van der Waals surface area contributed by atoms with Crippen LogP contribution in [-0.2, 0) is 0 Å². The van der Waals surface area contributed by atoms with Crippen molar-refractivity contribution < 1.29 is 4.39 Å². The number of halogens is 1. The van der Waals surface area contributed by atoms with Gasteiger partial charge in [0.25, 0.3) is 0 Å². The van der Waals surface area contributed by atoms with E-state index in [4.69, 9.17) is 5.73 Å². The fourth-order valence-corrected chi connectivity index (χ4v) is 2.23. The van der Waals surface area contributed by atoms with E-state index in [2.05, 4.69) is 9.97 Å². The first-order valence-corrected chi connectivity index (χ1v) is 6.44. The molecule has 5 heteroatoms. The normalized spacial score (nSPS) is 10.9. The van der Waals surface area contributed by atoms with Crippen molar-refractivity contribution in [2.75, 3.05) is 5.73 Å². The molecule has 0 aliphatic heterocycles. The minimum Gasteiger partial charge on any atom is -0.384 e. The number of anilines is 1. The second-order valence-electron chi connectivity index (χ2n) is 4.20. The standard InChI is InChI=1S/C13H14FN3S/c1-8(2)13-16-11(15)7-12(17-13)18-10-5-3-9(14)4-6-10/h3-8H,1-2H3,(H2,15,16,17). The molecule has 2 N–H and O–H groups in total. The van der Waals surface area contributed by atoms with Gasteiger partial charge in [0.2, 0.25) is 0 Å². The second-order valence-corrected chi connectivity index (χ2v) is 5.29. The van der Waals surface area contributed by atoms with Crippen LogP contribution in [0.3, 0.4) is 0 Å². The molecule has 2 aromatic rings. The molecular weight excluding hydrogens is 249 g/mol. The Hall–Kier alpha value is -1.62. The molecular formula is C13H14FN3S. The van der Waals surface area contributed by atoms with Crippen LogP contribution in [0.1, 0.15) is 25.6 Å². The topological polar surface area (TPSA) is 51.8 Å². The number of rotatable bonds is 3. The van der Waals surface area contributed by atoms with Crippen LogP contribution in [0.15, 0.2) is 40.3 Å². The summed E-state index contributed by atoms with van der Waals surface area (Å²) in [6.45, 7) is 4.03. The minimum atomic E-state index is -0.246. The number of benzene rings is 1. The highest BCUT2D eigenvalue weighted by atomic mass is 32.2. The van der Waals surface area contributed by atoms with Gasteiger partial charge >= 0.3 is 0 Å². The van der Waals surface area contributed by atoms with E-state index >= 15 is 0 Å². The lowest BCUT2D eigenvalue weighted by Gasteiger charge is -2.07. The molecule has 2 rings (SSSR count). The lowest BCUT2D eigenvalue weighted by Crippen LogP contribution is -2.02. The first kappa shape index (κ1) is 12.8. The van der Waals surface area contributed by atoms with Crippen molar-refractivity contribution in [1.82, 2.24) is 9.97 Å². The zero-order valence-electron chi connectivity index (χ0n) is 10.2. The second kappa shape index (κ2) is 5.35. The van der Waals surface area contributed by atoms with Crippen molar-refractivity contribution in [1.29, 1.82) is 0 Å². The van der Waals surface area contributed by atoms with Crippen LogP contribution in [0.5, 0.6) is 0 Å². The maximum Gasteiger partial charge on any atom is 0.134 e. The molecule has 0 unspecified atom stereocenters. The maximum atomic E-state index is 12.8. The lowest BCUT2D eigenvalue weighted by molar-refractivity contribution is 0.626. The fraction of sp³-hybridized carbons (Fsp3) is 0.231. The fourth-order valence-electron chi connectivity index (χ4n) is 1.40. The largest absolute Gasteiger partial charge is 0.384 e.